The number of rotatable bonds is 12. The van der Waals surface area contributed by atoms with Crippen molar-refractivity contribution in [1.29, 1.82) is 0 Å². The van der Waals surface area contributed by atoms with Crippen LogP contribution in [-0.4, -0.2) is 36.7 Å². The second-order valence-corrected chi connectivity index (χ2v) is 9.11. The molecule has 3 rings (SSSR count). The van der Waals surface area contributed by atoms with E-state index in [1.165, 1.54) is 59.2 Å². The Hall–Kier alpha value is -2.43. The molecule has 4 heteroatoms. The van der Waals surface area contributed by atoms with Gasteiger partial charge in [-0.3, -0.25) is 4.98 Å². The van der Waals surface area contributed by atoms with Crippen LogP contribution >= 0.6 is 0 Å². The highest BCUT2D eigenvalue weighted by Crippen LogP contribution is 2.30. The van der Waals surface area contributed by atoms with Crippen molar-refractivity contribution < 1.29 is 0 Å². The molecule has 0 spiro atoms. The first-order valence-corrected chi connectivity index (χ1v) is 12.7. The summed E-state index contributed by atoms with van der Waals surface area (Å²) >= 11 is 0. The van der Waals surface area contributed by atoms with Crippen molar-refractivity contribution in [2.45, 2.75) is 59.8 Å². The third-order valence-electron chi connectivity index (χ3n) is 6.51. The van der Waals surface area contributed by atoms with Gasteiger partial charge in [-0.1, -0.05) is 76.8 Å². The van der Waals surface area contributed by atoms with Crippen LogP contribution in [0.2, 0.25) is 0 Å². The number of nitrogens with zero attached hydrogens (tertiary/aromatic N) is 2. The Morgan fingerprint density at radius 3 is 2.58 bits per heavy atom. The molecular formula is C29H42N4. The third-order valence-corrected chi connectivity index (χ3v) is 6.51. The van der Waals surface area contributed by atoms with Crippen molar-refractivity contribution in [3.63, 3.8) is 0 Å². The Morgan fingerprint density at radius 2 is 1.94 bits per heavy atom. The van der Waals surface area contributed by atoms with E-state index >= 15 is 0 Å². The van der Waals surface area contributed by atoms with Crippen LogP contribution in [-0.2, 0) is 6.42 Å². The highest BCUT2D eigenvalue weighted by Gasteiger charge is 2.19. The summed E-state index contributed by atoms with van der Waals surface area (Å²) in [6.45, 7) is 11.6. The van der Waals surface area contributed by atoms with E-state index in [0.717, 1.165) is 31.7 Å². The van der Waals surface area contributed by atoms with Crippen LogP contribution < -0.4 is 10.7 Å². The minimum atomic E-state index is 0.690. The minimum Gasteiger partial charge on any atom is -0.318 e. The molecule has 2 heterocycles. The van der Waals surface area contributed by atoms with Crippen molar-refractivity contribution in [3.05, 3.63) is 65.5 Å². The highest BCUT2D eigenvalue weighted by atomic mass is 15.5. The van der Waals surface area contributed by atoms with Gasteiger partial charge in [-0.2, -0.15) is 0 Å². The SMILES string of the molecule is C/C=C(\CNCC)c1cccc(-c2ccc(C3=CN(C)NC3)c(CC(CCC)CCC)n2)c1. The molecule has 2 N–H and O–H groups in total. The fourth-order valence-electron chi connectivity index (χ4n) is 4.76. The van der Waals surface area contributed by atoms with Gasteiger partial charge in [-0.05, 0) is 54.6 Å². The van der Waals surface area contributed by atoms with Crippen LogP contribution in [0.1, 0.15) is 70.2 Å². The van der Waals surface area contributed by atoms with Gasteiger partial charge in [0.05, 0.1) is 5.69 Å². The zero-order valence-electron chi connectivity index (χ0n) is 21.2. The molecule has 1 aromatic carbocycles. The van der Waals surface area contributed by atoms with E-state index in [9.17, 15) is 0 Å². The lowest BCUT2D eigenvalue weighted by molar-refractivity contribution is 0.374. The van der Waals surface area contributed by atoms with Gasteiger partial charge < -0.3 is 10.3 Å². The molecule has 0 unspecified atom stereocenters. The molecule has 0 aliphatic carbocycles. The molecule has 0 bridgehead atoms. The number of hydrogen-bond acceptors (Lipinski definition) is 4. The lowest BCUT2D eigenvalue weighted by Gasteiger charge is -2.18. The molecule has 0 radical (unpaired) electrons. The number of allylic oxidation sites excluding steroid dienone is 1. The Balaban J connectivity index is 1.98. The molecular weight excluding hydrogens is 404 g/mol. The van der Waals surface area contributed by atoms with Gasteiger partial charge in [0.25, 0.3) is 0 Å². The average Bonchev–Trinajstić information content (AvgIpc) is 3.26. The monoisotopic (exact) mass is 446 g/mol. The van der Waals surface area contributed by atoms with Gasteiger partial charge in [-0.15, -0.1) is 0 Å². The van der Waals surface area contributed by atoms with E-state index in [2.05, 4.69) is 99.2 Å². The number of hydrazine groups is 1. The van der Waals surface area contributed by atoms with E-state index in [1.54, 1.807) is 0 Å². The number of pyridine rings is 1. The predicted molar refractivity (Wildman–Crippen MR) is 143 cm³/mol. The maximum absolute atomic E-state index is 5.28. The van der Waals surface area contributed by atoms with E-state index in [1.807, 2.05) is 0 Å². The summed E-state index contributed by atoms with van der Waals surface area (Å²) in [5.41, 5.74) is 12.1. The average molecular weight is 447 g/mol. The predicted octanol–water partition coefficient (Wildman–Crippen LogP) is 6.31. The molecule has 2 aromatic rings. The van der Waals surface area contributed by atoms with E-state index in [4.69, 9.17) is 4.98 Å². The topological polar surface area (TPSA) is 40.2 Å². The Bertz CT molecular complexity index is 954. The summed E-state index contributed by atoms with van der Waals surface area (Å²) in [5.74, 6) is 0.690. The summed E-state index contributed by atoms with van der Waals surface area (Å²) in [6, 6.07) is 13.3. The summed E-state index contributed by atoms with van der Waals surface area (Å²) in [5, 5.41) is 5.50. The molecule has 1 aliphatic heterocycles. The summed E-state index contributed by atoms with van der Waals surface area (Å²) in [4.78, 5) is 5.28. The van der Waals surface area contributed by atoms with Crippen molar-refractivity contribution in [2.75, 3.05) is 26.7 Å². The largest absolute Gasteiger partial charge is 0.318 e. The van der Waals surface area contributed by atoms with E-state index in [0.29, 0.717) is 5.92 Å². The first-order valence-electron chi connectivity index (χ1n) is 12.7. The number of likely N-dealkylation sites (N-methyl/N-ethyl adjacent to an activating group) is 1. The number of benzene rings is 1. The van der Waals surface area contributed by atoms with E-state index in [-0.39, 0.29) is 0 Å². The number of aromatic nitrogens is 1. The summed E-state index contributed by atoms with van der Waals surface area (Å²) < 4.78 is 0. The lowest BCUT2D eigenvalue weighted by Crippen LogP contribution is -2.23. The summed E-state index contributed by atoms with van der Waals surface area (Å²) in [6.07, 6.45) is 10.4. The molecule has 0 atom stereocenters. The molecule has 1 aliphatic rings. The standard InChI is InChI=1S/C29H42N4/c1-6-11-22(12-7-2)17-29-27(26-20-31-33(5)21-26)15-16-28(32-29)25-14-10-13-24(18-25)23(8-3)19-30-9-4/h8,10,13-16,18,21-22,30-31H,6-7,9,11-12,17,19-20H2,1-5H3/b23-8+. The molecule has 0 amide bonds. The van der Waals surface area contributed by atoms with Crippen molar-refractivity contribution in [2.24, 2.45) is 5.92 Å². The maximum Gasteiger partial charge on any atom is 0.0705 e. The van der Waals surface area contributed by atoms with Gasteiger partial charge in [0.2, 0.25) is 0 Å². The quantitative estimate of drug-likeness (QED) is 0.401. The highest BCUT2D eigenvalue weighted by molar-refractivity contribution is 5.74. The van der Waals surface area contributed by atoms with Crippen molar-refractivity contribution in [1.82, 2.24) is 20.7 Å². The van der Waals surface area contributed by atoms with Crippen LogP contribution in [0.5, 0.6) is 0 Å². The molecule has 4 nitrogen and oxygen atoms in total. The first-order chi connectivity index (χ1) is 16.1. The lowest BCUT2D eigenvalue weighted by atomic mass is 9.90. The molecule has 178 valence electrons. The molecule has 1 aromatic heterocycles. The van der Waals surface area contributed by atoms with E-state index < -0.39 is 0 Å². The second-order valence-electron chi connectivity index (χ2n) is 9.11. The smallest absolute Gasteiger partial charge is 0.0705 e. The zero-order chi connectivity index (χ0) is 23.6. The van der Waals surface area contributed by atoms with Gasteiger partial charge in [-0.25, -0.2) is 5.43 Å². The van der Waals surface area contributed by atoms with Crippen LogP contribution in [0.25, 0.3) is 22.4 Å². The molecule has 0 saturated carbocycles. The maximum atomic E-state index is 5.28. The van der Waals surface area contributed by atoms with Gasteiger partial charge >= 0.3 is 0 Å². The first kappa shape index (κ1) is 25.2. The molecule has 0 saturated heterocycles. The van der Waals surface area contributed by atoms with Crippen LogP contribution in [0.15, 0.2) is 48.7 Å². The fraction of sp³-hybridized carbons (Fsp3) is 0.483. The van der Waals surface area contributed by atoms with Crippen LogP contribution in [0.4, 0.5) is 0 Å². The van der Waals surface area contributed by atoms with Gasteiger partial charge in [0.1, 0.15) is 0 Å². The molecule has 0 fully saturated rings. The van der Waals surface area contributed by atoms with Crippen LogP contribution in [0.3, 0.4) is 0 Å². The molecule has 33 heavy (non-hydrogen) atoms. The third kappa shape index (κ3) is 6.78. The van der Waals surface area contributed by atoms with Crippen molar-refractivity contribution >= 4 is 11.1 Å². The van der Waals surface area contributed by atoms with Gasteiger partial charge in [0, 0.05) is 43.2 Å². The Morgan fingerprint density at radius 1 is 1.15 bits per heavy atom. The minimum absolute atomic E-state index is 0.690. The number of hydrogen-bond donors (Lipinski definition) is 2. The summed E-state index contributed by atoms with van der Waals surface area (Å²) in [7, 11) is 2.06. The van der Waals surface area contributed by atoms with Gasteiger partial charge in [0.15, 0.2) is 0 Å². The Kier molecular flexibility index (Phi) is 9.71. The Labute approximate surface area is 201 Å². The number of nitrogens with one attached hydrogen (secondary N) is 2. The second kappa shape index (κ2) is 12.7. The fourth-order valence-corrected chi connectivity index (χ4v) is 4.76. The van der Waals surface area contributed by atoms with Crippen molar-refractivity contribution in [3.8, 4) is 11.3 Å². The van der Waals surface area contributed by atoms with Crippen LogP contribution in [0, 0.1) is 5.92 Å². The zero-order valence-corrected chi connectivity index (χ0v) is 21.2. The normalized spacial score (nSPS) is 14.3.